The average molecular weight is 793 g/mol. The predicted octanol–water partition coefficient (Wildman–Crippen LogP) is 21.1. The standard InChI is InChI=1S/C13H12.C10H12.C7H14.C6H12.C5H10.8C2H6/c1-4-10-6-2-8-12-9-3-7-11(5-1)13(10)12;1-2-6-10-8-4-3-7-9(10)5-1;1-2-4-6-7-5-3-1;1-2-4-6-5-3-1;1-2-4-5-3-1;8*1-2/h1-2,4-6,8H,3,7,9H2;1-2,5-6H,3-4,7-8H2;1-7H2;1-6H2;1-5H2;8*1-2H3. The Bertz CT molecular complexity index is 982. The van der Waals surface area contributed by atoms with Crippen molar-refractivity contribution in [1.82, 2.24) is 0 Å². The monoisotopic (exact) mass is 793 g/mol. The lowest BCUT2D eigenvalue weighted by atomic mass is 9.89. The van der Waals surface area contributed by atoms with Crippen molar-refractivity contribution in [2.45, 2.75) is 271 Å². The van der Waals surface area contributed by atoms with Gasteiger partial charge in [-0.3, -0.25) is 0 Å². The van der Waals surface area contributed by atoms with Gasteiger partial charge in [0.25, 0.3) is 0 Å². The molecular formula is C57H108. The summed E-state index contributed by atoms with van der Waals surface area (Å²) in [6.45, 7) is 32.0. The van der Waals surface area contributed by atoms with Crippen molar-refractivity contribution in [3.63, 3.8) is 0 Å². The molecule has 3 aromatic carbocycles. The van der Waals surface area contributed by atoms with E-state index in [-0.39, 0.29) is 0 Å². The first-order chi connectivity index (χ1) is 28.4. The number of benzene rings is 3. The summed E-state index contributed by atoms with van der Waals surface area (Å²) in [5.41, 5.74) is 6.24. The van der Waals surface area contributed by atoms with Gasteiger partial charge in [0.15, 0.2) is 0 Å². The summed E-state index contributed by atoms with van der Waals surface area (Å²) in [6.07, 6.45) is 36.2. The molecule has 0 unspecified atom stereocenters. The molecule has 0 saturated heterocycles. The van der Waals surface area contributed by atoms with E-state index in [0.29, 0.717) is 0 Å². The Morgan fingerprint density at radius 3 is 0.667 bits per heavy atom. The third kappa shape index (κ3) is 35.6. The van der Waals surface area contributed by atoms with Crippen molar-refractivity contribution in [2.24, 2.45) is 0 Å². The molecule has 3 saturated carbocycles. The molecule has 0 atom stereocenters. The normalized spacial score (nSPS) is 14.7. The summed E-state index contributed by atoms with van der Waals surface area (Å²) < 4.78 is 0. The van der Waals surface area contributed by atoms with Gasteiger partial charge in [-0.25, -0.2) is 0 Å². The number of fused-ring (bicyclic) bond motifs is 1. The zero-order valence-corrected chi connectivity index (χ0v) is 42.5. The fourth-order valence-corrected chi connectivity index (χ4v) is 7.25. The topological polar surface area (TPSA) is 0 Å². The lowest BCUT2D eigenvalue weighted by molar-refractivity contribution is 0.504. The van der Waals surface area contributed by atoms with E-state index in [2.05, 4.69) is 60.7 Å². The quantitative estimate of drug-likeness (QED) is 0.199. The van der Waals surface area contributed by atoms with Crippen LogP contribution < -0.4 is 0 Å². The van der Waals surface area contributed by atoms with Crippen LogP contribution in [0.25, 0.3) is 10.8 Å². The van der Waals surface area contributed by atoms with Gasteiger partial charge in [0.05, 0.1) is 0 Å². The molecule has 57 heavy (non-hydrogen) atoms. The molecule has 5 aliphatic carbocycles. The molecule has 0 amide bonds. The first kappa shape index (κ1) is 64.1. The number of rotatable bonds is 0. The second-order valence-corrected chi connectivity index (χ2v) is 13.1. The molecule has 3 aromatic rings. The Balaban J connectivity index is -0.000000186. The molecule has 0 bridgehead atoms. The van der Waals surface area contributed by atoms with Crippen LogP contribution in [-0.2, 0) is 25.7 Å². The Morgan fingerprint density at radius 1 is 0.211 bits per heavy atom. The highest BCUT2D eigenvalue weighted by atomic mass is 14.1. The van der Waals surface area contributed by atoms with Crippen LogP contribution in [-0.4, -0.2) is 0 Å². The molecule has 8 rings (SSSR count). The van der Waals surface area contributed by atoms with Crippen LogP contribution in [0.1, 0.15) is 268 Å². The molecule has 0 nitrogen and oxygen atoms in total. The van der Waals surface area contributed by atoms with Gasteiger partial charge in [-0.05, 0) is 78.0 Å². The van der Waals surface area contributed by atoms with Crippen molar-refractivity contribution in [3.8, 4) is 0 Å². The van der Waals surface area contributed by atoms with Gasteiger partial charge in [-0.2, -0.15) is 0 Å². The number of hydrogen-bond acceptors (Lipinski definition) is 0. The van der Waals surface area contributed by atoms with Crippen LogP contribution in [0.2, 0.25) is 0 Å². The van der Waals surface area contributed by atoms with Gasteiger partial charge in [0.1, 0.15) is 0 Å². The molecule has 0 heterocycles. The molecule has 3 fully saturated rings. The van der Waals surface area contributed by atoms with Crippen molar-refractivity contribution >= 4 is 10.8 Å². The molecule has 0 aromatic heterocycles. The van der Waals surface area contributed by atoms with Crippen molar-refractivity contribution in [2.75, 3.05) is 0 Å². The molecule has 0 radical (unpaired) electrons. The van der Waals surface area contributed by atoms with E-state index in [4.69, 9.17) is 0 Å². The van der Waals surface area contributed by atoms with E-state index in [1.54, 1.807) is 22.3 Å². The Labute approximate surface area is 363 Å². The summed E-state index contributed by atoms with van der Waals surface area (Å²) in [5.74, 6) is 0. The van der Waals surface area contributed by atoms with Gasteiger partial charge in [-0.1, -0.05) is 287 Å². The minimum Gasteiger partial charge on any atom is -0.0683 e. The summed E-state index contributed by atoms with van der Waals surface area (Å²) in [7, 11) is 0. The lowest BCUT2D eigenvalue weighted by Gasteiger charge is -2.16. The van der Waals surface area contributed by atoms with Crippen LogP contribution >= 0.6 is 0 Å². The molecule has 0 N–H and O–H groups in total. The Morgan fingerprint density at radius 2 is 0.421 bits per heavy atom. The first-order valence-electron chi connectivity index (χ1n) is 26.0. The second kappa shape index (κ2) is 58.2. The Hall–Kier alpha value is -2.08. The van der Waals surface area contributed by atoms with Crippen LogP contribution in [0, 0.1) is 0 Å². The minimum absolute atomic E-state index is 1.26. The van der Waals surface area contributed by atoms with Crippen LogP contribution in [0.15, 0.2) is 60.7 Å². The van der Waals surface area contributed by atoms with Gasteiger partial charge in [0.2, 0.25) is 0 Å². The maximum atomic E-state index is 2.27. The molecule has 336 valence electrons. The SMILES string of the molecule is C1CCCC1.C1CCCCC1.C1CCCCCC1.CC.CC.CC.CC.CC.CC.CC.CC.c1cc2c3c(cccc3c1)CCC2.c1ccc2c(c1)CCCC2. The van der Waals surface area contributed by atoms with Crippen molar-refractivity contribution < 1.29 is 0 Å². The second-order valence-electron chi connectivity index (χ2n) is 13.1. The highest BCUT2D eigenvalue weighted by Gasteiger charge is 2.10. The maximum absolute atomic E-state index is 2.27. The van der Waals surface area contributed by atoms with E-state index >= 15 is 0 Å². The van der Waals surface area contributed by atoms with E-state index in [1.807, 2.05) is 111 Å². The minimum atomic E-state index is 1.26. The lowest BCUT2D eigenvalue weighted by Crippen LogP contribution is -2.00. The molecule has 5 aliphatic rings. The van der Waals surface area contributed by atoms with Crippen LogP contribution in [0.3, 0.4) is 0 Å². The van der Waals surface area contributed by atoms with E-state index in [9.17, 15) is 0 Å². The third-order valence-corrected chi connectivity index (χ3v) is 9.73. The van der Waals surface area contributed by atoms with Gasteiger partial charge in [-0.15, -0.1) is 0 Å². The van der Waals surface area contributed by atoms with Gasteiger partial charge < -0.3 is 0 Å². The van der Waals surface area contributed by atoms with Crippen LogP contribution in [0.5, 0.6) is 0 Å². The molecular weight excluding hydrogens is 685 g/mol. The van der Waals surface area contributed by atoms with E-state index in [0.717, 1.165) is 0 Å². The summed E-state index contributed by atoms with van der Waals surface area (Å²) in [6, 6.07) is 22.1. The maximum Gasteiger partial charge on any atom is -0.0120 e. The fraction of sp³-hybridized carbons (Fsp3) is 0.719. The third-order valence-electron chi connectivity index (χ3n) is 9.73. The highest BCUT2D eigenvalue weighted by Crippen LogP contribution is 2.29. The smallest absolute Gasteiger partial charge is 0.0120 e. The summed E-state index contributed by atoms with van der Waals surface area (Å²) >= 11 is 0. The molecule has 0 aliphatic heterocycles. The van der Waals surface area contributed by atoms with Gasteiger partial charge in [0, 0.05) is 0 Å². The number of aryl methyl sites for hydroxylation is 4. The van der Waals surface area contributed by atoms with Crippen LogP contribution in [0.4, 0.5) is 0 Å². The Kier molecular flexibility index (Phi) is 65.5. The largest absolute Gasteiger partial charge is 0.0683 e. The van der Waals surface area contributed by atoms with Crippen molar-refractivity contribution in [1.29, 1.82) is 0 Å². The molecule has 0 heteroatoms. The summed E-state index contributed by atoms with van der Waals surface area (Å²) in [5, 5.41) is 2.94. The van der Waals surface area contributed by atoms with Gasteiger partial charge >= 0.3 is 0 Å². The van der Waals surface area contributed by atoms with Crippen molar-refractivity contribution in [3.05, 3.63) is 82.9 Å². The molecule has 0 spiro atoms. The van der Waals surface area contributed by atoms with E-state index in [1.165, 1.54) is 171 Å². The fourth-order valence-electron chi connectivity index (χ4n) is 7.25. The zero-order chi connectivity index (χ0) is 44.2. The first-order valence-corrected chi connectivity index (χ1v) is 26.0. The summed E-state index contributed by atoms with van der Waals surface area (Å²) in [4.78, 5) is 0. The predicted molar refractivity (Wildman–Crippen MR) is 273 cm³/mol. The highest BCUT2D eigenvalue weighted by molar-refractivity contribution is 5.89. The zero-order valence-electron chi connectivity index (χ0n) is 42.5. The number of hydrogen-bond donors (Lipinski definition) is 0. The average Bonchev–Trinajstić information content (AvgIpc) is 3.81. The van der Waals surface area contributed by atoms with E-state index < -0.39 is 0 Å².